The lowest BCUT2D eigenvalue weighted by atomic mass is 9.98. The van der Waals surface area contributed by atoms with Crippen LogP contribution in [0.2, 0.25) is 0 Å². The average Bonchev–Trinajstić information content (AvgIpc) is 2.93. The van der Waals surface area contributed by atoms with Gasteiger partial charge in [-0.05, 0) is 33.9 Å². The van der Waals surface area contributed by atoms with Crippen LogP contribution in [0.1, 0.15) is 23.5 Å². The largest absolute Gasteiger partial charge is 0.481 e. The zero-order valence-electron chi connectivity index (χ0n) is 13.6. The molecule has 3 rings (SSSR count). The van der Waals surface area contributed by atoms with Crippen LogP contribution in [-0.2, 0) is 14.3 Å². The summed E-state index contributed by atoms with van der Waals surface area (Å²) in [5.41, 5.74) is 4.29. The van der Waals surface area contributed by atoms with Gasteiger partial charge in [-0.2, -0.15) is 0 Å². The zero-order valence-corrected chi connectivity index (χ0v) is 14.4. The molecule has 0 fully saturated rings. The number of carboxylic acid groups (broad SMARTS) is 1. The number of ether oxygens (including phenoxy) is 1. The summed E-state index contributed by atoms with van der Waals surface area (Å²) in [5, 5.41) is 10.0. The second kappa shape index (κ2) is 7.58. The van der Waals surface area contributed by atoms with Gasteiger partial charge in [0.1, 0.15) is 12.6 Å². The molecule has 1 aliphatic carbocycles. The zero-order chi connectivity index (χ0) is 18.7. The number of amides is 1. The lowest BCUT2D eigenvalue weighted by Crippen LogP contribution is -2.41. The summed E-state index contributed by atoms with van der Waals surface area (Å²) in [6.45, 7) is 0.0656. The Morgan fingerprint density at radius 3 is 2.08 bits per heavy atom. The Labute approximate surface area is 154 Å². The molecule has 0 heterocycles. The van der Waals surface area contributed by atoms with E-state index in [2.05, 4.69) is 5.32 Å². The van der Waals surface area contributed by atoms with E-state index in [0.717, 1.165) is 22.3 Å². The minimum absolute atomic E-state index is 0.0656. The molecule has 7 heteroatoms. The first-order valence-electron chi connectivity index (χ1n) is 8.00. The number of hydrogen-bond acceptors (Lipinski definition) is 4. The van der Waals surface area contributed by atoms with E-state index in [-0.39, 0.29) is 12.5 Å². The van der Waals surface area contributed by atoms with Crippen molar-refractivity contribution in [3.05, 3.63) is 59.7 Å². The topological polar surface area (TPSA) is 92.7 Å². The quantitative estimate of drug-likeness (QED) is 0.759. The summed E-state index contributed by atoms with van der Waals surface area (Å²) in [4.78, 5) is 34.0. The van der Waals surface area contributed by atoms with Crippen LogP contribution in [0.5, 0.6) is 0 Å². The first-order chi connectivity index (χ1) is 12.5. The Morgan fingerprint density at radius 2 is 1.58 bits per heavy atom. The third-order valence-corrected chi connectivity index (χ3v) is 4.55. The first-order valence-corrected chi connectivity index (χ1v) is 8.38. The molecule has 6 nitrogen and oxygen atoms in total. The van der Waals surface area contributed by atoms with E-state index < -0.39 is 29.8 Å². The van der Waals surface area contributed by atoms with E-state index in [0.29, 0.717) is 0 Å². The Bertz CT molecular complexity index is 821. The summed E-state index contributed by atoms with van der Waals surface area (Å²) >= 11 is 5.32. The van der Waals surface area contributed by atoms with Crippen LogP contribution in [0, 0.1) is 0 Å². The molecule has 2 N–H and O–H groups in total. The van der Waals surface area contributed by atoms with Gasteiger partial charge in [0.25, 0.3) is 0 Å². The number of alkyl carbamates (subject to hydrolysis) is 1. The molecule has 2 aromatic rings. The highest BCUT2D eigenvalue weighted by Crippen LogP contribution is 2.44. The maximum absolute atomic E-state index is 12.0. The molecule has 0 spiro atoms. The fourth-order valence-electron chi connectivity index (χ4n) is 3.14. The molecule has 1 aliphatic rings. The van der Waals surface area contributed by atoms with E-state index in [9.17, 15) is 14.4 Å². The van der Waals surface area contributed by atoms with Gasteiger partial charge >= 0.3 is 12.1 Å². The van der Waals surface area contributed by atoms with Gasteiger partial charge in [0, 0.05) is 5.92 Å². The van der Waals surface area contributed by atoms with Gasteiger partial charge in [-0.15, -0.1) is 0 Å². The summed E-state index contributed by atoms with van der Waals surface area (Å²) in [7, 11) is 0. The van der Waals surface area contributed by atoms with Crippen molar-refractivity contribution in [3.63, 3.8) is 0 Å². The van der Waals surface area contributed by atoms with Crippen LogP contribution >= 0.6 is 11.6 Å². The molecule has 2 aromatic carbocycles. The Kier molecular flexibility index (Phi) is 5.23. The lowest BCUT2D eigenvalue weighted by Gasteiger charge is -2.16. The first kappa shape index (κ1) is 17.9. The number of carbonyl (C=O) groups is 3. The molecule has 1 amide bonds. The number of carbonyl (C=O) groups excluding carboxylic acids is 2. The van der Waals surface area contributed by atoms with Gasteiger partial charge in [0.15, 0.2) is 0 Å². The van der Waals surface area contributed by atoms with Gasteiger partial charge in [-0.3, -0.25) is 9.59 Å². The van der Waals surface area contributed by atoms with Crippen molar-refractivity contribution in [2.75, 3.05) is 6.61 Å². The van der Waals surface area contributed by atoms with Gasteiger partial charge < -0.3 is 15.2 Å². The highest BCUT2D eigenvalue weighted by Gasteiger charge is 2.29. The molecule has 0 aromatic heterocycles. The van der Waals surface area contributed by atoms with Crippen molar-refractivity contribution in [3.8, 4) is 11.1 Å². The number of nitrogens with one attached hydrogen (secondary N) is 1. The number of carboxylic acids is 1. The molecule has 26 heavy (non-hydrogen) atoms. The maximum atomic E-state index is 12.0. The normalized spacial score (nSPS) is 13.4. The van der Waals surface area contributed by atoms with E-state index in [1.54, 1.807) is 0 Å². The van der Waals surface area contributed by atoms with Crippen LogP contribution in [0.3, 0.4) is 0 Å². The highest BCUT2D eigenvalue weighted by molar-refractivity contribution is 6.65. The summed E-state index contributed by atoms with van der Waals surface area (Å²) < 4.78 is 5.25. The predicted molar refractivity (Wildman–Crippen MR) is 95.1 cm³/mol. The number of benzene rings is 2. The summed E-state index contributed by atoms with van der Waals surface area (Å²) in [6, 6.07) is 14.4. The number of aliphatic carboxylic acids is 1. The van der Waals surface area contributed by atoms with E-state index in [1.165, 1.54) is 0 Å². The standard InChI is InChI=1S/C19H16ClNO5/c20-18(24)16(9-17(22)23)21-19(25)26-10-15-13-7-3-1-5-11(13)12-6-2-4-8-14(12)15/h1-8,15-16H,9-10H2,(H,21,25)(H,22,23)/t16-/m0/s1. The van der Waals surface area contributed by atoms with Crippen molar-refractivity contribution in [1.29, 1.82) is 0 Å². The second-order valence-electron chi connectivity index (χ2n) is 5.92. The monoisotopic (exact) mass is 373 g/mol. The van der Waals surface area contributed by atoms with Crippen molar-refractivity contribution < 1.29 is 24.2 Å². The Balaban J connectivity index is 1.71. The van der Waals surface area contributed by atoms with Crippen LogP contribution in [0.15, 0.2) is 48.5 Å². The molecule has 0 bridgehead atoms. The molecule has 0 radical (unpaired) electrons. The SMILES string of the molecule is O=C(O)C[C@H](NC(=O)OCC1c2ccccc2-c2ccccc21)C(=O)Cl. The van der Waals surface area contributed by atoms with Crippen LogP contribution in [-0.4, -0.2) is 35.1 Å². The molecule has 0 unspecified atom stereocenters. The lowest BCUT2D eigenvalue weighted by molar-refractivity contribution is -0.138. The molecule has 0 aliphatic heterocycles. The highest BCUT2D eigenvalue weighted by atomic mass is 35.5. The molecular weight excluding hydrogens is 358 g/mol. The van der Waals surface area contributed by atoms with Crippen molar-refractivity contribution in [2.24, 2.45) is 0 Å². The van der Waals surface area contributed by atoms with Gasteiger partial charge in [-0.1, -0.05) is 48.5 Å². The minimum atomic E-state index is -1.33. The fourth-order valence-corrected chi connectivity index (χ4v) is 3.28. The number of fused-ring (bicyclic) bond motifs is 3. The van der Waals surface area contributed by atoms with Gasteiger partial charge in [-0.25, -0.2) is 4.79 Å². The maximum Gasteiger partial charge on any atom is 0.407 e. The Hall–Kier alpha value is -2.86. The summed E-state index contributed by atoms with van der Waals surface area (Å²) in [6.07, 6.45) is -1.49. The minimum Gasteiger partial charge on any atom is -0.481 e. The molecular formula is C19H16ClNO5. The number of halogens is 1. The van der Waals surface area contributed by atoms with E-state index in [4.69, 9.17) is 21.4 Å². The average molecular weight is 374 g/mol. The van der Waals surface area contributed by atoms with Crippen molar-refractivity contribution in [2.45, 2.75) is 18.4 Å². The molecule has 0 saturated carbocycles. The smallest absolute Gasteiger partial charge is 0.407 e. The third kappa shape index (κ3) is 3.70. The van der Waals surface area contributed by atoms with E-state index in [1.807, 2.05) is 48.5 Å². The fraction of sp³-hybridized carbons (Fsp3) is 0.211. The molecule has 1 atom stereocenters. The van der Waals surface area contributed by atoms with E-state index >= 15 is 0 Å². The van der Waals surface area contributed by atoms with Gasteiger partial charge in [0.2, 0.25) is 5.24 Å². The van der Waals surface area contributed by atoms with Crippen molar-refractivity contribution >= 4 is 28.9 Å². The van der Waals surface area contributed by atoms with Crippen molar-refractivity contribution in [1.82, 2.24) is 5.32 Å². The molecule has 0 saturated heterocycles. The van der Waals surface area contributed by atoms with Crippen LogP contribution < -0.4 is 5.32 Å². The number of rotatable bonds is 6. The third-order valence-electron chi connectivity index (χ3n) is 4.29. The van der Waals surface area contributed by atoms with Gasteiger partial charge in [0.05, 0.1) is 6.42 Å². The second-order valence-corrected chi connectivity index (χ2v) is 6.30. The molecule has 134 valence electrons. The predicted octanol–water partition coefficient (Wildman–Crippen LogP) is 3.13. The Morgan fingerprint density at radius 1 is 1.04 bits per heavy atom. The van der Waals surface area contributed by atoms with Crippen LogP contribution in [0.25, 0.3) is 11.1 Å². The number of hydrogen-bond donors (Lipinski definition) is 2. The summed E-state index contributed by atoms with van der Waals surface area (Å²) in [5.74, 6) is -1.37. The van der Waals surface area contributed by atoms with Crippen LogP contribution in [0.4, 0.5) is 4.79 Å².